The molecule has 3 N–H and O–H groups in total. The highest BCUT2D eigenvalue weighted by Gasteiger charge is 2.41. The van der Waals surface area contributed by atoms with E-state index >= 15 is 0 Å². The number of rotatable bonds is 8. The minimum absolute atomic E-state index is 0. The van der Waals surface area contributed by atoms with Gasteiger partial charge < -0.3 is 15.7 Å². The van der Waals surface area contributed by atoms with Crippen molar-refractivity contribution in [2.45, 2.75) is 46.0 Å². The Morgan fingerprint density at radius 3 is 2.44 bits per heavy atom. The van der Waals surface area contributed by atoms with Crippen LogP contribution < -0.4 is 10.6 Å². The number of hydrogen-bond donors (Lipinski definition) is 3. The third-order valence-corrected chi connectivity index (χ3v) is 3.28. The van der Waals surface area contributed by atoms with Crippen molar-refractivity contribution in [3.8, 4) is 0 Å². The van der Waals surface area contributed by atoms with Crippen LogP contribution >= 0.6 is 24.0 Å². The molecule has 0 aromatic heterocycles. The number of aliphatic imine (C=N–C) groups is 1. The fraction of sp³-hybridized carbons (Fsp3) is 0.923. The highest BCUT2D eigenvalue weighted by Crippen LogP contribution is 2.45. The Hall–Kier alpha value is -0.0400. The number of aliphatic hydroxyl groups excluding tert-OH is 1. The second-order valence-corrected chi connectivity index (χ2v) is 4.99. The molecule has 108 valence electrons. The Morgan fingerprint density at radius 2 is 1.94 bits per heavy atom. The first kappa shape index (κ1) is 18.0. The number of guanidine groups is 1. The number of nitrogens with zero attached hydrogens (tertiary/aromatic N) is 1. The van der Waals surface area contributed by atoms with Gasteiger partial charge in [-0.3, -0.25) is 4.99 Å². The number of unbranched alkanes of at least 4 members (excludes halogenated alkanes) is 2. The maximum Gasteiger partial charge on any atom is 0.191 e. The van der Waals surface area contributed by atoms with Crippen LogP contribution in [0.15, 0.2) is 4.99 Å². The Labute approximate surface area is 128 Å². The molecule has 0 aromatic carbocycles. The van der Waals surface area contributed by atoms with Gasteiger partial charge in [-0.15, -0.1) is 24.0 Å². The molecule has 4 nitrogen and oxygen atoms in total. The summed E-state index contributed by atoms with van der Waals surface area (Å²) in [5.41, 5.74) is 0.103. The SMILES string of the molecule is CCCCCNC(=NCC1(CO)CC1)NCC.I. The molecule has 0 saturated heterocycles. The summed E-state index contributed by atoms with van der Waals surface area (Å²) in [4.78, 5) is 4.55. The van der Waals surface area contributed by atoms with Crippen LogP contribution in [-0.2, 0) is 0 Å². The molecule has 1 saturated carbocycles. The van der Waals surface area contributed by atoms with Crippen molar-refractivity contribution >= 4 is 29.9 Å². The maximum atomic E-state index is 9.24. The van der Waals surface area contributed by atoms with Crippen LogP contribution in [0, 0.1) is 5.41 Å². The van der Waals surface area contributed by atoms with Crippen molar-refractivity contribution in [3.05, 3.63) is 0 Å². The van der Waals surface area contributed by atoms with Crippen molar-refractivity contribution in [3.63, 3.8) is 0 Å². The number of nitrogens with one attached hydrogen (secondary N) is 2. The van der Waals surface area contributed by atoms with Crippen LogP contribution in [0.3, 0.4) is 0 Å². The van der Waals surface area contributed by atoms with Gasteiger partial charge in [0.25, 0.3) is 0 Å². The summed E-state index contributed by atoms with van der Waals surface area (Å²) < 4.78 is 0. The standard InChI is InChI=1S/C13H27N3O.HI/c1-3-5-6-9-15-12(14-4-2)16-10-13(11-17)7-8-13;/h17H,3-11H2,1-2H3,(H2,14,15,16);1H. The molecular formula is C13H28IN3O. The Morgan fingerprint density at radius 1 is 1.22 bits per heavy atom. The van der Waals surface area contributed by atoms with E-state index in [2.05, 4.69) is 29.5 Å². The van der Waals surface area contributed by atoms with Gasteiger partial charge >= 0.3 is 0 Å². The summed E-state index contributed by atoms with van der Waals surface area (Å²) >= 11 is 0. The van der Waals surface area contributed by atoms with E-state index in [1.54, 1.807) is 0 Å². The van der Waals surface area contributed by atoms with Gasteiger partial charge in [0.1, 0.15) is 0 Å². The van der Waals surface area contributed by atoms with Crippen molar-refractivity contribution in [1.29, 1.82) is 0 Å². The molecule has 1 aliphatic carbocycles. The van der Waals surface area contributed by atoms with Gasteiger partial charge in [-0.2, -0.15) is 0 Å². The van der Waals surface area contributed by atoms with Crippen LogP contribution in [0.5, 0.6) is 0 Å². The van der Waals surface area contributed by atoms with Gasteiger partial charge in [0, 0.05) is 18.5 Å². The van der Waals surface area contributed by atoms with Crippen molar-refractivity contribution in [2.75, 3.05) is 26.2 Å². The second kappa shape index (κ2) is 9.83. The third-order valence-electron chi connectivity index (χ3n) is 3.28. The molecule has 1 aliphatic rings. The minimum Gasteiger partial charge on any atom is -0.396 e. The van der Waals surface area contributed by atoms with Gasteiger partial charge in [-0.05, 0) is 26.2 Å². The van der Waals surface area contributed by atoms with Crippen molar-refractivity contribution in [2.24, 2.45) is 10.4 Å². The topological polar surface area (TPSA) is 56.7 Å². The Bertz CT molecular complexity index is 242. The highest BCUT2D eigenvalue weighted by atomic mass is 127. The lowest BCUT2D eigenvalue weighted by molar-refractivity contribution is 0.217. The van der Waals surface area contributed by atoms with Crippen LogP contribution in [0.1, 0.15) is 46.0 Å². The molecule has 0 heterocycles. The lowest BCUT2D eigenvalue weighted by atomic mass is 10.1. The van der Waals surface area contributed by atoms with Gasteiger partial charge in [0.05, 0.1) is 13.2 Å². The molecule has 0 unspecified atom stereocenters. The molecule has 0 atom stereocenters. The average molecular weight is 369 g/mol. The van der Waals surface area contributed by atoms with E-state index < -0.39 is 0 Å². The summed E-state index contributed by atoms with van der Waals surface area (Å²) in [6, 6.07) is 0. The Kier molecular flexibility index (Phi) is 9.81. The fourth-order valence-electron chi connectivity index (χ4n) is 1.71. The summed E-state index contributed by atoms with van der Waals surface area (Å²) in [5.74, 6) is 0.892. The second-order valence-electron chi connectivity index (χ2n) is 4.99. The van der Waals surface area contributed by atoms with E-state index in [-0.39, 0.29) is 36.0 Å². The lowest BCUT2D eigenvalue weighted by Gasteiger charge is -2.13. The van der Waals surface area contributed by atoms with Gasteiger partial charge in [-0.25, -0.2) is 0 Å². The number of halogens is 1. The first-order valence-corrected chi connectivity index (χ1v) is 6.89. The quantitative estimate of drug-likeness (QED) is 0.266. The van der Waals surface area contributed by atoms with Gasteiger partial charge in [-0.1, -0.05) is 19.8 Å². The summed E-state index contributed by atoms with van der Waals surface area (Å²) in [6.45, 7) is 7.15. The summed E-state index contributed by atoms with van der Waals surface area (Å²) in [7, 11) is 0. The maximum absolute atomic E-state index is 9.24. The van der Waals surface area contributed by atoms with E-state index in [0.717, 1.165) is 38.4 Å². The van der Waals surface area contributed by atoms with E-state index in [1.165, 1.54) is 19.3 Å². The van der Waals surface area contributed by atoms with Gasteiger partial charge in [0.15, 0.2) is 5.96 Å². The average Bonchev–Trinajstić information content (AvgIpc) is 3.12. The van der Waals surface area contributed by atoms with Crippen LogP contribution in [-0.4, -0.2) is 37.3 Å². The zero-order chi connectivity index (χ0) is 12.6. The summed E-state index contributed by atoms with van der Waals surface area (Å²) in [5, 5.41) is 15.8. The largest absolute Gasteiger partial charge is 0.396 e. The van der Waals surface area contributed by atoms with Crippen LogP contribution in [0.2, 0.25) is 0 Å². The predicted molar refractivity (Wildman–Crippen MR) is 87.7 cm³/mol. The number of hydrogen-bond acceptors (Lipinski definition) is 2. The first-order chi connectivity index (χ1) is 8.26. The minimum atomic E-state index is 0. The molecule has 1 rings (SSSR count). The first-order valence-electron chi connectivity index (χ1n) is 6.89. The van der Waals surface area contributed by atoms with E-state index in [1.807, 2.05) is 0 Å². The van der Waals surface area contributed by atoms with E-state index in [4.69, 9.17) is 0 Å². The molecule has 5 heteroatoms. The lowest BCUT2D eigenvalue weighted by Crippen LogP contribution is -2.38. The molecule has 0 bridgehead atoms. The zero-order valence-corrected chi connectivity index (χ0v) is 14.0. The molecule has 1 fully saturated rings. The van der Waals surface area contributed by atoms with Crippen LogP contribution in [0.25, 0.3) is 0 Å². The van der Waals surface area contributed by atoms with Crippen molar-refractivity contribution < 1.29 is 5.11 Å². The molecule has 0 radical (unpaired) electrons. The van der Waals surface area contributed by atoms with E-state index in [9.17, 15) is 5.11 Å². The summed E-state index contributed by atoms with van der Waals surface area (Å²) in [6.07, 6.45) is 5.91. The van der Waals surface area contributed by atoms with E-state index in [0.29, 0.717) is 0 Å². The Balaban J connectivity index is 0.00000289. The highest BCUT2D eigenvalue weighted by molar-refractivity contribution is 14.0. The molecule has 18 heavy (non-hydrogen) atoms. The smallest absolute Gasteiger partial charge is 0.191 e. The molecule has 0 aliphatic heterocycles. The monoisotopic (exact) mass is 369 g/mol. The zero-order valence-electron chi connectivity index (χ0n) is 11.7. The molecule has 0 amide bonds. The molecule has 0 aromatic rings. The fourth-order valence-corrected chi connectivity index (χ4v) is 1.71. The molecule has 0 spiro atoms. The van der Waals surface area contributed by atoms with Crippen LogP contribution in [0.4, 0.5) is 0 Å². The molecular weight excluding hydrogens is 341 g/mol. The predicted octanol–water partition coefficient (Wildman–Crippen LogP) is 2.12. The third kappa shape index (κ3) is 6.78. The number of aliphatic hydroxyl groups is 1. The van der Waals surface area contributed by atoms with Gasteiger partial charge in [0.2, 0.25) is 0 Å². The normalized spacial score (nSPS) is 16.9. The van der Waals surface area contributed by atoms with Crippen molar-refractivity contribution in [1.82, 2.24) is 10.6 Å².